The number of fused-ring (bicyclic) bond motifs is 2. The molecule has 0 fully saturated rings. The second-order valence-electron chi connectivity index (χ2n) is 4.65. The Morgan fingerprint density at radius 3 is 2.70 bits per heavy atom. The van der Waals surface area contributed by atoms with Crippen LogP contribution in [-0.4, -0.2) is 33.4 Å². The maximum absolute atomic E-state index is 5.81. The first-order valence-corrected chi connectivity index (χ1v) is 6.40. The lowest BCUT2D eigenvalue weighted by Gasteiger charge is -2.05. The van der Waals surface area contributed by atoms with Gasteiger partial charge < -0.3 is 20.2 Å². The van der Waals surface area contributed by atoms with E-state index in [0.29, 0.717) is 24.9 Å². The van der Waals surface area contributed by atoms with Gasteiger partial charge in [0.25, 0.3) is 0 Å². The highest BCUT2D eigenvalue weighted by Crippen LogP contribution is 2.34. The number of aromatic nitrogens is 4. The molecule has 4 N–H and O–H groups in total. The van der Waals surface area contributed by atoms with Crippen molar-refractivity contribution < 1.29 is 9.47 Å². The van der Waals surface area contributed by atoms with Crippen molar-refractivity contribution in [2.24, 2.45) is 0 Å². The topological polar surface area (TPSA) is 102 Å². The number of nitrogen functional groups attached to an aromatic ring is 1. The van der Waals surface area contributed by atoms with Gasteiger partial charge >= 0.3 is 0 Å². The van der Waals surface area contributed by atoms with Crippen LogP contribution in [-0.2, 0) is 0 Å². The number of anilines is 1. The normalized spacial score (nSPS) is 14.4. The Morgan fingerprint density at radius 1 is 1.15 bits per heavy atom. The number of imidazole rings is 1. The number of nitrogens with zero attached hydrogens (tertiary/aromatic N) is 2. The first-order chi connectivity index (χ1) is 9.81. The van der Waals surface area contributed by atoms with E-state index in [2.05, 4.69) is 20.2 Å². The average molecular weight is 271 g/mol. The van der Waals surface area contributed by atoms with Crippen LogP contribution in [0.2, 0.25) is 0 Å². The zero-order valence-corrected chi connectivity index (χ0v) is 10.6. The van der Waals surface area contributed by atoms with Crippen LogP contribution in [0.15, 0.2) is 18.3 Å². The third kappa shape index (κ3) is 1.67. The minimum absolute atomic E-state index is 0.484. The molecule has 20 heavy (non-hydrogen) atoms. The monoisotopic (exact) mass is 271 g/mol. The predicted octanol–water partition coefficient (Wildman–Crippen LogP) is 1.70. The fourth-order valence-corrected chi connectivity index (χ4v) is 2.28. The zero-order valence-electron chi connectivity index (χ0n) is 10.6. The fraction of sp³-hybridized carbons (Fsp3) is 0.231. The lowest BCUT2D eigenvalue weighted by Crippen LogP contribution is -1.97. The summed E-state index contributed by atoms with van der Waals surface area (Å²) in [5.74, 6) is 2.63. The summed E-state index contributed by atoms with van der Waals surface area (Å²) in [5, 5.41) is 6.59. The Bertz CT molecular complexity index is 733. The van der Waals surface area contributed by atoms with E-state index in [1.54, 1.807) is 6.20 Å². The van der Waals surface area contributed by atoms with E-state index in [1.165, 1.54) is 0 Å². The molecule has 1 aromatic carbocycles. The van der Waals surface area contributed by atoms with E-state index in [-0.39, 0.29) is 0 Å². The number of hydrogen-bond donors (Lipinski definition) is 3. The first-order valence-electron chi connectivity index (χ1n) is 6.40. The number of hydrogen-bond acceptors (Lipinski definition) is 5. The number of ether oxygens (including phenoxy) is 2. The van der Waals surface area contributed by atoms with Gasteiger partial charge in [-0.3, -0.25) is 5.10 Å². The van der Waals surface area contributed by atoms with Crippen molar-refractivity contribution in [2.45, 2.75) is 6.42 Å². The van der Waals surface area contributed by atoms with Crippen LogP contribution < -0.4 is 15.2 Å². The van der Waals surface area contributed by atoms with Crippen LogP contribution in [0, 0.1) is 0 Å². The van der Waals surface area contributed by atoms with Crippen LogP contribution in [0.25, 0.3) is 22.4 Å². The number of H-pyrrole nitrogens is 2. The summed E-state index contributed by atoms with van der Waals surface area (Å²) < 4.78 is 11.3. The standard InChI is InChI=1S/C13H13N5O2/c14-12-7(6-15-18-12)13-16-8-4-10-11(5-9(8)17-13)20-3-1-2-19-10/h4-6H,1-3H2,(H,16,17)(H3,14,15,18). The van der Waals surface area contributed by atoms with Gasteiger partial charge in [-0.05, 0) is 0 Å². The summed E-state index contributed by atoms with van der Waals surface area (Å²) in [4.78, 5) is 7.75. The molecule has 0 atom stereocenters. The molecule has 0 radical (unpaired) electrons. The molecule has 1 aliphatic heterocycles. The van der Waals surface area contributed by atoms with E-state index in [0.717, 1.165) is 34.5 Å². The number of aromatic amines is 2. The molecule has 0 unspecified atom stereocenters. The third-order valence-corrected chi connectivity index (χ3v) is 3.28. The van der Waals surface area contributed by atoms with Crippen LogP contribution in [0.5, 0.6) is 11.5 Å². The number of nitrogens with one attached hydrogen (secondary N) is 2. The number of benzene rings is 1. The smallest absolute Gasteiger partial charge is 0.163 e. The molecule has 102 valence electrons. The lowest BCUT2D eigenvalue weighted by atomic mass is 10.3. The van der Waals surface area contributed by atoms with Crippen molar-refractivity contribution in [3.8, 4) is 22.9 Å². The van der Waals surface area contributed by atoms with Crippen molar-refractivity contribution in [2.75, 3.05) is 18.9 Å². The molecule has 3 aromatic rings. The van der Waals surface area contributed by atoms with E-state index < -0.39 is 0 Å². The van der Waals surface area contributed by atoms with Crippen molar-refractivity contribution in [3.63, 3.8) is 0 Å². The average Bonchev–Trinajstić information content (AvgIpc) is 2.96. The molecule has 3 heterocycles. The molecule has 4 rings (SSSR count). The quantitative estimate of drug-likeness (QED) is 0.625. The van der Waals surface area contributed by atoms with Gasteiger partial charge in [-0.2, -0.15) is 5.10 Å². The molecule has 0 bridgehead atoms. The highest BCUT2D eigenvalue weighted by molar-refractivity contribution is 5.84. The molecule has 7 heteroatoms. The highest BCUT2D eigenvalue weighted by Gasteiger charge is 2.15. The molecular weight excluding hydrogens is 258 g/mol. The third-order valence-electron chi connectivity index (χ3n) is 3.28. The van der Waals surface area contributed by atoms with E-state index in [9.17, 15) is 0 Å². The summed E-state index contributed by atoms with van der Waals surface area (Å²) in [5.41, 5.74) is 8.25. The Kier molecular flexibility index (Phi) is 2.32. The van der Waals surface area contributed by atoms with Crippen LogP contribution in [0.4, 0.5) is 5.82 Å². The zero-order chi connectivity index (χ0) is 13.5. The molecule has 0 amide bonds. The second kappa shape index (κ2) is 4.16. The Morgan fingerprint density at radius 2 is 1.95 bits per heavy atom. The van der Waals surface area contributed by atoms with Gasteiger partial charge in [0.15, 0.2) is 11.5 Å². The maximum atomic E-state index is 5.81. The second-order valence-corrected chi connectivity index (χ2v) is 4.65. The fourth-order valence-electron chi connectivity index (χ4n) is 2.28. The lowest BCUT2D eigenvalue weighted by molar-refractivity contribution is 0.297. The molecule has 1 aliphatic rings. The van der Waals surface area contributed by atoms with Crippen molar-refractivity contribution >= 4 is 16.9 Å². The minimum Gasteiger partial charge on any atom is -0.489 e. The Labute approximate surface area is 114 Å². The number of nitrogens with two attached hydrogens (primary N) is 1. The summed E-state index contributed by atoms with van der Waals surface area (Å²) in [6.45, 7) is 1.32. The predicted molar refractivity (Wildman–Crippen MR) is 73.7 cm³/mol. The maximum Gasteiger partial charge on any atom is 0.163 e. The summed E-state index contributed by atoms with van der Waals surface area (Å²) in [6.07, 6.45) is 2.53. The van der Waals surface area contributed by atoms with Gasteiger partial charge in [0.05, 0.1) is 36.0 Å². The van der Waals surface area contributed by atoms with E-state index in [4.69, 9.17) is 15.2 Å². The molecule has 0 spiro atoms. The minimum atomic E-state index is 0.484. The number of rotatable bonds is 1. The molecule has 0 saturated heterocycles. The Balaban J connectivity index is 1.86. The van der Waals surface area contributed by atoms with Crippen LogP contribution in [0.3, 0.4) is 0 Å². The summed E-state index contributed by atoms with van der Waals surface area (Å²) in [7, 11) is 0. The molecule has 2 aromatic heterocycles. The van der Waals surface area contributed by atoms with Gasteiger partial charge in [0, 0.05) is 18.6 Å². The van der Waals surface area contributed by atoms with Crippen molar-refractivity contribution in [1.29, 1.82) is 0 Å². The van der Waals surface area contributed by atoms with Crippen molar-refractivity contribution in [1.82, 2.24) is 20.2 Å². The molecular formula is C13H13N5O2. The van der Waals surface area contributed by atoms with Crippen LogP contribution in [0.1, 0.15) is 6.42 Å². The van der Waals surface area contributed by atoms with Gasteiger partial charge in [-0.25, -0.2) is 4.98 Å². The van der Waals surface area contributed by atoms with Crippen LogP contribution >= 0.6 is 0 Å². The van der Waals surface area contributed by atoms with Gasteiger partial charge in [-0.15, -0.1) is 0 Å². The largest absolute Gasteiger partial charge is 0.489 e. The molecule has 7 nitrogen and oxygen atoms in total. The summed E-state index contributed by atoms with van der Waals surface area (Å²) >= 11 is 0. The van der Waals surface area contributed by atoms with E-state index in [1.807, 2.05) is 12.1 Å². The first kappa shape index (κ1) is 11.2. The SMILES string of the molecule is Nc1[nH]ncc1-c1nc2cc3c(cc2[nH]1)OCCCO3. The van der Waals surface area contributed by atoms with Gasteiger partial charge in [0.2, 0.25) is 0 Å². The highest BCUT2D eigenvalue weighted by atomic mass is 16.5. The van der Waals surface area contributed by atoms with E-state index >= 15 is 0 Å². The Hall–Kier alpha value is -2.70. The molecule has 0 saturated carbocycles. The van der Waals surface area contributed by atoms with Gasteiger partial charge in [-0.1, -0.05) is 0 Å². The summed E-state index contributed by atoms with van der Waals surface area (Å²) in [6, 6.07) is 3.79. The van der Waals surface area contributed by atoms with Crippen molar-refractivity contribution in [3.05, 3.63) is 18.3 Å². The van der Waals surface area contributed by atoms with Gasteiger partial charge in [0.1, 0.15) is 11.6 Å². The molecule has 0 aliphatic carbocycles.